The number of hydrogen-bond donors (Lipinski definition) is 1. The van der Waals surface area contributed by atoms with E-state index in [1.165, 1.54) is 5.56 Å². The molecular weight excluding hydrogens is 398 g/mol. The van der Waals surface area contributed by atoms with Crippen molar-refractivity contribution < 1.29 is 19.1 Å². The highest BCUT2D eigenvalue weighted by Gasteiger charge is 2.40. The number of aryl methyl sites for hydroxylation is 1. The Morgan fingerprint density at radius 3 is 2.74 bits per heavy atom. The largest absolute Gasteiger partial charge is 0.437 e. The molecule has 9 heteroatoms. The molecule has 2 atom stereocenters. The van der Waals surface area contributed by atoms with Gasteiger partial charge in [-0.2, -0.15) is 5.10 Å². The zero-order chi connectivity index (χ0) is 21.4. The molecule has 0 radical (unpaired) electrons. The molecule has 162 valence electrons. The first-order valence-corrected chi connectivity index (χ1v) is 10.6. The molecule has 3 fully saturated rings. The van der Waals surface area contributed by atoms with E-state index in [2.05, 4.69) is 15.5 Å². The number of fused-ring (bicyclic) bond motifs is 1. The molecule has 0 saturated carbocycles. The second kappa shape index (κ2) is 8.14. The molecule has 3 amide bonds. The van der Waals surface area contributed by atoms with E-state index in [1.807, 2.05) is 47.1 Å². The highest BCUT2D eigenvalue weighted by atomic mass is 16.5. The molecule has 9 nitrogen and oxygen atoms in total. The summed E-state index contributed by atoms with van der Waals surface area (Å²) >= 11 is 0. The number of benzene rings is 1. The summed E-state index contributed by atoms with van der Waals surface area (Å²) in [6.45, 7) is 4.59. The molecule has 0 spiro atoms. The smallest absolute Gasteiger partial charge is 0.320 e. The minimum Gasteiger partial charge on any atom is -0.437 e. The zero-order valence-corrected chi connectivity index (χ0v) is 17.4. The molecule has 2 aromatic rings. The topological polar surface area (TPSA) is 96.9 Å². The maximum absolute atomic E-state index is 12.9. The van der Waals surface area contributed by atoms with E-state index in [0.717, 1.165) is 12.0 Å². The van der Waals surface area contributed by atoms with E-state index in [9.17, 15) is 9.59 Å². The fourth-order valence-corrected chi connectivity index (χ4v) is 4.32. The van der Waals surface area contributed by atoms with Crippen LogP contribution in [0.3, 0.4) is 0 Å². The van der Waals surface area contributed by atoms with Crippen molar-refractivity contribution in [2.24, 2.45) is 0 Å². The lowest BCUT2D eigenvalue weighted by Crippen LogP contribution is -2.63. The first-order valence-electron chi connectivity index (χ1n) is 10.6. The summed E-state index contributed by atoms with van der Waals surface area (Å²) < 4.78 is 11.4. The van der Waals surface area contributed by atoms with E-state index in [1.54, 1.807) is 6.20 Å². The summed E-state index contributed by atoms with van der Waals surface area (Å²) in [5.41, 5.74) is 2.11. The van der Waals surface area contributed by atoms with Crippen LogP contribution < -0.4 is 10.1 Å². The molecule has 3 aliphatic rings. The first-order chi connectivity index (χ1) is 15.1. The summed E-state index contributed by atoms with van der Waals surface area (Å²) in [6.07, 6.45) is 2.40. The van der Waals surface area contributed by atoms with Gasteiger partial charge in [0.05, 0.1) is 18.3 Å². The van der Waals surface area contributed by atoms with Crippen molar-refractivity contribution in [3.63, 3.8) is 0 Å². The predicted octanol–water partition coefficient (Wildman–Crippen LogP) is 1.69. The van der Waals surface area contributed by atoms with Crippen LogP contribution in [0.1, 0.15) is 23.5 Å². The molecule has 5 rings (SSSR count). The standard InChI is InChI=1S/C22H25N5O4/c1-14-6-8-23-25-21(14)31-17-4-2-15(3-5-17)16-10-27(11-16)22(29)26-9-7-19-18(12-26)24-20(28)13-30-19/h2-6,8,16,18-19H,7,9-13H2,1H3,(H,24,28)/t18-,19?/m1/s1. The Morgan fingerprint density at radius 1 is 1.16 bits per heavy atom. The second-order valence-electron chi connectivity index (χ2n) is 8.33. The van der Waals surface area contributed by atoms with Gasteiger partial charge in [-0.05, 0) is 37.1 Å². The Balaban J connectivity index is 1.14. The average Bonchev–Trinajstić information content (AvgIpc) is 2.75. The van der Waals surface area contributed by atoms with Gasteiger partial charge in [0.25, 0.3) is 0 Å². The van der Waals surface area contributed by atoms with Gasteiger partial charge in [0, 0.05) is 37.7 Å². The van der Waals surface area contributed by atoms with Gasteiger partial charge < -0.3 is 24.6 Å². The molecule has 1 aromatic carbocycles. The fourth-order valence-electron chi connectivity index (χ4n) is 4.32. The van der Waals surface area contributed by atoms with Crippen molar-refractivity contribution in [2.45, 2.75) is 31.4 Å². The Hall–Kier alpha value is -3.20. The summed E-state index contributed by atoms with van der Waals surface area (Å²) in [5, 5.41) is 10.8. The number of amides is 3. The number of nitrogens with one attached hydrogen (secondary N) is 1. The van der Waals surface area contributed by atoms with E-state index in [0.29, 0.717) is 43.7 Å². The normalized spacial score (nSPS) is 23.6. The predicted molar refractivity (Wildman–Crippen MR) is 111 cm³/mol. The van der Waals surface area contributed by atoms with Gasteiger partial charge in [0.1, 0.15) is 12.4 Å². The Labute approximate surface area is 180 Å². The van der Waals surface area contributed by atoms with Crippen molar-refractivity contribution >= 4 is 11.9 Å². The minimum atomic E-state index is -0.110. The van der Waals surface area contributed by atoms with Crippen LogP contribution in [-0.2, 0) is 9.53 Å². The minimum absolute atomic E-state index is 0.0114. The highest BCUT2D eigenvalue weighted by Crippen LogP contribution is 2.31. The van der Waals surface area contributed by atoms with Crippen molar-refractivity contribution in [3.05, 3.63) is 47.7 Å². The van der Waals surface area contributed by atoms with Crippen molar-refractivity contribution in [1.29, 1.82) is 0 Å². The number of nitrogens with zero attached hydrogens (tertiary/aromatic N) is 4. The van der Waals surface area contributed by atoms with Gasteiger partial charge in [-0.25, -0.2) is 4.79 Å². The van der Waals surface area contributed by atoms with Crippen LogP contribution in [-0.4, -0.2) is 76.9 Å². The monoisotopic (exact) mass is 423 g/mol. The molecule has 31 heavy (non-hydrogen) atoms. The quantitative estimate of drug-likeness (QED) is 0.807. The number of ether oxygens (including phenoxy) is 2. The van der Waals surface area contributed by atoms with Gasteiger partial charge in [-0.1, -0.05) is 12.1 Å². The number of rotatable bonds is 3. The van der Waals surface area contributed by atoms with Crippen LogP contribution in [0.15, 0.2) is 36.5 Å². The third-order valence-electron chi connectivity index (χ3n) is 6.19. The second-order valence-corrected chi connectivity index (χ2v) is 8.33. The highest BCUT2D eigenvalue weighted by molar-refractivity contribution is 5.79. The molecule has 1 aromatic heterocycles. The number of aromatic nitrogens is 2. The third-order valence-corrected chi connectivity index (χ3v) is 6.19. The SMILES string of the molecule is Cc1ccnnc1Oc1ccc(C2CN(C(=O)N3CCC4OCC(=O)N[C@@H]4C3)C2)cc1. The maximum atomic E-state index is 12.9. The lowest BCUT2D eigenvalue weighted by Gasteiger charge is -2.46. The third kappa shape index (κ3) is 4.05. The number of carbonyl (C=O) groups is 2. The molecule has 1 N–H and O–H groups in total. The van der Waals surface area contributed by atoms with E-state index < -0.39 is 0 Å². The number of carbonyl (C=O) groups excluding carboxylic acids is 2. The van der Waals surface area contributed by atoms with Gasteiger partial charge >= 0.3 is 6.03 Å². The molecule has 0 aliphatic carbocycles. The lowest BCUT2D eigenvalue weighted by atomic mass is 9.91. The molecule has 3 aliphatic heterocycles. The Kier molecular flexibility index (Phi) is 5.19. The summed E-state index contributed by atoms with van der Waals surface area (Å²) in [4.78, 5) is 28.1. The molecular formula is C22H25N5O4. The van der Waals surface area contributed by atoms with Crippen LogP contribution in [0.2, 0.25) is 0 Å². The molecule has 1 unspecified atom stereocenters. The number of urea groups is 1. The van der Waals surface area contributed by atoms with E-state index >= 15 is 0 Å². The number of hydrogen-bond acceptors (Lipinski definition) is 6. The number of likely N-dealkylation sites (tertiary alicyclic amines) is 2. The fraction of sp³-hybridized carbons (Fsp3) is 0.455. The van der Waals surface area contributed by atoms with E-state index in [-0.39, 0.29) is 30.7 Å². The van der Waals surface area contributed by atoms with Crippen LogP contribution in [0.5, 0.6) is 11.6 Å². The van der Waals surface area contributed by atoms with Gasteiger partial charge in [0.15, 0.2) is 0 Å². The van der Waals surface area contributed by atoms with Crippen LogP contribution >= 0.6 is 0 Å². The van der Waals surface area contributed by atoms with Crippen LogP contribution in [0.25, 0.3) is 0 Å². The molecule has 4 heterocycles. The Bertz CT molecular complexity index is 976. The zero-order valence-electron chi connectivity index (χ0n) is 17.4. The molecule has 0 bridgehead atoms. The number of piperidine rings is 1. The van der Waals surface area contributed by atoms with E-state index in [4.69, 9.17) is 9.47 Å². The summed E-state index contributed by atoms with van der Waals surface area (Å²) in [6, 6.07) is 9.69. The summed E-state index contributed by atoms with van der Waals surface area (Å²) in [7, 11) is 0. The molecule has 3 saturated heterocycles. The van der Waals surface area contributed by atoms with Crippen molar-refractivity contribution in [3.8, 4) is 11.6 Å². The van der Waals surface area contributed by atoms with Crippen LogP contribution in [0, 0.1) is 6.92 Å². The Morgan fingerprint density at radius 2 is 1.97 bits per heavy atom. The van der Waals surface area contributed by atoms with Gasteiger partial charge in [0.2, 0.25) is 11.8 Å². The van der Waals surface area contributed by atoms with Crippen molar-refractivity contribution in [1.82, 2.24) is 25.3 Å². The summed E-state index contributed by atoms with van der Waals surface area (Å²) in [5.74, 6) is 1.41. The number of morpholine rings is 1. The van der Waals surface area contributed by atoms with Crippen LogP contribution in [0.4, 0.5) is 4.79 Å². The van der Waals surface area contributed by atoms with Crippen molar-refractivity contribution in [2.75, 3.05) is 32.8 Å². The lowest BCUT2D eigenvalue weighted by molar-refractivity contribution is -0.139. The van der Waals surface area contributed by atoms with Gasteiger partial charge in [-0.3, -0.25) is 4.79 Å². The van der Waals surface area contributed by atoms with Gasteiger partial charge in [-0.15, -0.1) is 5.10 Å². The average molecular weight is 423 g/mol. The maximum Gasteiger partial charge on any atom is 0.320 e. The first kappa shape index (κ1) is 19.7.